The second-order valence-electron chi connectivity index (χ2n) is 6.85. The summed E-state index contributed by atoms with van der Waals surface area (Å²) in [4.78, 5) is 21.7. The van der Waals surface area contributed by atoms with Crippen molar-refractivity contribution in [1.82, 2.24) is 14.9 Å². The molecule has 0 radical (unpaired) electrons. The van der Waals surface area contributed by atoms with Crippen molar-refractivity contribution in [1.29, 1.82) is 0 Å². The molecule has 1 fully saturated rings. The Morgan fingerprint density at radius 3 is 3.08 bits per heavy atom. The lowest BCUT2D eigenvalue weighted by molar-refractivity contribution is -0.151. The van der Waals surface area contributed by atoms with E-state index in [2.05, 4.69) is 14.9 Å². The number of aromatic nitrogens is 2. The fourth-order valence-electron chi connectivity index (χ4n) is 3.97. The van der Waals surface area contributed by atoms with E-state index in [4.69, 9.17) is 9.47 Å². The summed E-state index contributed by atoms with van der Waals surface area (Å²) in [6, 6.07) is 5.63. The number of likely N-dealkylation sites (tertiary alicyclic amines) is 1. The summed E-state index contributed by atoms with van der Waals surface area (Å²) in [6.45, 7) is 3.89. The second-order valence-corrected chi connectivity index (χ2v) is 6.85. The highest BCUT2D eigenvalue weighted by Crippen LogP contribution is 2.50. The molecule has 2 aliphatic rings. The third-order valence-corrected chi connectivity index (χ3v) is 5.43. The Morgan fingerprint density at radius 1 is 1.56 bits per heavy atom. The van der Waals surface area contributed by atoms with Crippen molar-refractivity contribution < 1.29 is 19.4 Å². The minimum absolute atomic E-state index is 0.112. The molecule has 3 heterocycles. The van der Waals surface area contributed by atoms with Gasteiger partial charge < -0.3 is 19.6 Å². The smallest absolute Gasteiger partial charge is 0.315 e. The summed E-state index contributed by atoms with van der Waals surface area (Å²) in [7, 11) is 1.61. The van der Waals surface area contributed by atoms with E-state index in [1.165, 1.54) is 0 Å². The molecule has 2 atom stereocenters. The molecule has 2 N–H and O–H groups in total. The number of imidazole rings is 1. The number of benzene rings is 1. The molecule has 1 unspecified atom stereocenters. The van der Waals surface area contributed by atoms with Gasteiger partial charge in [-0.05, 0) is 13.0 Å². The first-order valence-corrected chi connectivity index (χ1v) is 8.29. The van der Waals surface area contributed by atoms with Crippen LogP contribution < -0.4 is 9.47 Å². The molecule has 0 aliphatic carbocycles. The number of carboxylic acid groups (broad SMARTS) is 1. The Morgan fingerprint density at radius 2 is 2.40 bits per heavy atom. The van der Waals surface area contributed by atoms with E-state index < -0.39 is 11.4 Å². The number of rotatable bonds is 4. The maximum absolute atomic E-state index is 12.2. The molecule has 4 rings (SSSR count). The minimum atomic E-state index is -0.925. The Balaban J connectivity index is 1.67. The van der Waals surface area contributed by atoms with Crippen molar-refractivity contribution in [2.24, 2.45) is 5.41 Å². The first-order valence-electron chi connectivity index (χ1n) is 8.29. The van der Waals surface area contributed by atoms with Crippen LogP contribution in [0.2, 0.25) is 0 Å². The largest absolute Gasteiger partial charge is 0.497 e. The van der Waals surface area contributed by atoms with Crippen LogP contribution >= 0.6 is 0 Å². The van der Waals surface area contributed by atoms with E-state index in [0.717, 1.165) is 22.7 Å². The normalized spacial score (nSPS) is 25.1. The zero-order valence-corrected chi connectivity index (χ0v) is 14.3. The Hall–Kier alpha value is -2.54. The van der Waals surface area contributed by atoms with Gasteiger partial charge in [-0.3, -0.25) is 9.69 Å². The van der Waals surface area contributed by atoms with Crippen LogP contribution in [0.1, 0.15) is 22.9 Å². The van der Waals surface area contributed by atoms with E-state index in [1.54, 1.807) is 13.4 Å². The first kappa shape index (κ1) is 16.0. The van der Waals surface area contributed by atoms with Crippen LogP contribution in [0.5, 0.6) is 11.5 Å². The van der Waals surface area contributed by atoms with Crippen LogP contribution in [-0.4, -0.2) is 52.7 Å². The average molecular weight is 343 g/mol. The number of aromatic amines is 1. The monoisotopic (exact) mass is 343 g/mol. The molecule has 1 aromatic carbocycles. The second kappa shape index (κ2) is 5.77. The molecule has 132 valence electrons. The number of hydrogen-bond acceptors (Lipinski definition) is 5. The van der Waals surface area contributed by atoms with E-state index in [1.807, 2.05) is 25.1 Å². The average Bonchev–Trinajstić information content (AvgIpc) is 3.19. The summed E-state index contributed by atoms with van der Waals surface area (Å²) < 4.78 is 11.1. The standard InChI is InChI=1S/C18H21N3O4/c1-11-15(20-10-19-11)7-21-6-14-13-4-3-12(24-2)5-16(13)25-9-18(14,8-21)17(22)23/h3-5,10,14H,6-9H2,1-2H3,(H,19,20)(H,22,23)/t14?,18-/m1/s1. The lowest BCUT2D eigenvalue weighted by Gasteiger charge is -2.36. The van der Waals surface area contributed by atoms with Gasteiger partial charge in [0.05, 0.1) is 19.1 Å². The number of carboxylic acids is 1. The van der Waals surface area contributed by atoms with Gasteiger partial charge in [0.15, 0.2) is 0 Å². The van der Waals surface area contributed by atoms with Gasteiger partial charge >= 0.3 is 5.97 Å². The van der Waals surface area contributed by atoms with Crippen molar-refractivity contribution in [2.45, 2.75) is 19.4 Å². The third kappa shape index (κ3) is 2.46. The van der Waals surface area contributed by atoms with Crippen LogP contribution in [0.4, 0.5) is 0 Å². The molecule has 25 heavy (non-hydrogen) atoms. The molecule has 0 saturated carbocycles. The van der Waals surface area contributed by atoms with Crippen molar-refractivity contribution in [3.05, 3.63) is 41.5 Å². The number of H-pyrrole nitrogens is 1. The van der Waals surface area contributed by atoms with Crippen LogP contribution in [-0.2, 0) is 11.3 Å². The van der Waals surface area contributed by atoms with Gasteiger partial charge in [-0.2, -0.15) is 0 Å². The maximum Gasteiger partial charge on any atom is 0.315 e. The van der Waals surface area contributed by atoms with Crippen molar-refractivity contribution >= 4 is 5.97 Å². The molecule has 7 nitrogen and oxygen atoms in total. The van der Waals surface area contributed by atoms with Gasteiger partial charge in [0.25, 0.3) is 0 Å². The summed E-state index contributed by atoms with van der Waals surface area (Å²) >= 11 is 0. The van der Waals surface area contributed by atoms with Crippen molar-refractivity contribution in [2.75, 3.05) is 26.8 Å². The molecule has 0 bridgehead atoms. The number of nitrogens with one attached hydrogen (secondary N) is 1. The molecule has 1 aromatic heterocycles. The number of nitrogens with zero attached hydrogens (tertiary/aromatic N) is 2. The number of fused-ring (bicyclic) bond motifs is 3. The van der Waals surface area contributed by atoms with Gasteiger partial charge in [-0.15, -0.1) is 0 Å². The van der Waals surface area contributed by atoms with E-state index in [0.29, 0.717) is 25.4 Å². The van der Waals surface area contributed by atoms with Gasteiger partial charge in [0.1, 0.15) is 23.5 Å². The molecular weight excluding hydrogens is 322 g/mol. The predicted molar refractivity (Wildman–Crippen MR) is 89.9 cm³/mol. The van der Waals surface area contributed by atoms with E-state index in [-0.39, 0.29) is 12.5 Å². The molecule has 2 aromatic rings. The lowest BCUT2D eigenvalue weighted by Crippen LogP contribution is -2.45. The van der Waals surface area contributed by atoms with Gasteiger partial charge in [-0.1, -0.05) is 6.07 Å². The molecular formula is C18H21N3O4. The molecule has 2 aliphatic heterocycles. The quantitative estimate of drug-likeness (QED) is 0.880. The highest BCUT2D eigenvalue weighted by Gasteiger charge is 2.56. The summed E-state index contributed by atoms with van der Waals surface area (Å²) in [6.07, 6.45) is 1.67. The Labute approximate surface area is 145 Å². The van der Waals surface area contributed by atoms with Crippen molar-refractivity contribution in [3.63, 3.8) is 0 Å². The van der Waals surface area contributed by atoms with Gasteiger partial charge in [0.2, 0.25) is 0 Å². The topological polar surface area (TPSA) is 87.7 Å². The highest BCUT2D eigenvalue weighted by molar-refractivity contribution is 5.78. The number of carbonyl (C=O) groups is 1. The maximum atomic E-state index is 12.2. The van der Waals surface area contributed by atoms with Crippen molar-refractivity contribution in [3.8, 4) is 11.5 Å². The van der Waals surface area contributed by atoms with E-state index >= 15 is 0 Å². The number of ether oxygens (including phenoxy) is 2. The fraction of sp³-hybridized carbons (Fsp3) is 0.444. The van der Waals surface area contributed by atoms with Gasteiger partial charge in [0, 0.05) is 42.9 Å². The molecule has 0 amide bonds. The Kier molecular flexibility index (Phi) is 3.68. The van der Waals surface area contributed by atoms with Crippen LogP contribution in [0, 0.1) is 12.3 Å². The Bertz CT molecular complexity index is 818. The number of aryl methyl sites for hydroxylation is 1. The van der Waals surface area contributed by atoms with Crippen LogP contribution in [0.15, 0.2) is 24.5 Å². The molecule has 7 heteroatoms. The van der Waals surface area contributed by atoms with Crippen LogP contribution in [0.3, 0.4) is 0 Å². The SMILES string of the molecule is COc1ccc2c(c1)OC[C@]1(C(=O)O)CN(Cc3nc[nH]c3C)CC21. The lowest BCUT2D eigenvalue weighted by atomic mass is 9.73. The summed E-state index contributed by atoms with van der Waals surface area (Å²) in [5.41, 5.74) is 1.98. The zero-order chi connectivity index (χ0) is 17.6. The molecule has 0 spiro atoms. The highest BCUT2D eigenvalue weighted by atomic mass is 16.5. The summed E-state index contributed by atoms with van der Waals surface area (Å²) in [5.74, 6) is 0.515. The first-order chi connectivity index (χ1) is 12.0. The van der Waals surface area contributed by atoms with E-state index in [9.17, 15) is 9.90 Å². The fourth-order valence-corrected chi connectivity index (χ4v) is 3.97. The number of aliphatic carboxylic acids is 1. The third-order valence-electron chi connectivity index (χ3n) is 5.43. The molecule has 1 saturated heterocycles. The zero-order valence-electron chi connectivity index (χ0n) is 14.3. The van der Waals surface area contributed by atoms with Crippen LogP contribution in [0.25, 0.3) is 0 Å². The number of hydrogen-bond donors (Lipinski definition) is 2. The summed E-state index contributed by atoms with van der Waals surface area (Å²) in [5, 5.41) is 9.97. The number of methoxy groups -OCH3 is 1. The minimum Gasteiger partial charge on any atom is -0.497 e. The predicted octanol–water partition coefficient (Wildman–Crippen LogP) is 1.79. The van der Waals surface area contributed by atoms with Gasteiger partial charge in [-0.25, -0.2) is 4.98 Å².